The fourth-order valence-corrected chi connectivity index (χ4v) is 4.48. The predicted molar refractivity (Wildman–Crippen MR) is 97.4 cm³/mol. The molecule has 4 rings (SSSR count). The highest BCUT2D eigenvalue weighted by Crippen LogP contribution is 2.38. The van der Waals surface area contributed by atoms with Crippen molar-refractivity contribution < 1.29 is 9.47 Å². The Labute approximate surface area is 146 Å². The molecule has 1 fully saturated rings. The quantitative estimate of drug-likeness (QED) is 0.659. The molecule has 0 amide bonds. The molecule has 1 aliphatic rings. The Kier molecular flexibility index (Phi) is 4.19. The maximum Gasteiger partial charge on any atom is 0.194 e. The van der Waals surface area contributed by atoms with Gasteiger partial charge in [0.25, 0.3) is 0 Å². The summed E-state index contributed by atoms with van der Waals surface area (Å²) >= 11 is 1.68. The maximum atomic E-state index is 5.56. The molecular weight excluding hydrogens is 320 g/mol. The first-order chi connectivity index (χ1) is 11.8. The summed E-state index contributed by atoms with van der Waals surface area (Å²) in [6.07, 6.45) is 8.77. The van der Waals surface area contributed by atoms with E-state index in [0.29, 0.717) is 5.92 Å². The zero-order valence-electron chi connectivity index (χ0n) is 14.1. The van der Waals surface area contributed by atoms with Crippen molar-refractivity contribution in [3.8, 4) is 22.8 Å². The molecule has 0 aliphatic heterocycles. The Balaban J connectivity index is 1.78. The zero-order valence-corrected chi connectivity index (χ0v) is 14.9. The summed E-state index contributed by atoms with van der Waals surface area (Å²) < 4.78 is 13.1. The van der Waals surface area contributed by atoms with Crippen LogP contribution >= 0.6 is 11.3 Å². The van der Waals surface area contributed by atoms with Gasteiger partial charge in [-0.2, -0.15) is 0 Å². The molecule has 2 aromatic heterocycles. The van der Waals surface area contributed by atoms with Crippen molar-refractivity contribution in [3.05, 3.63) is 35.5 Å². The first-order valence-electron chi connectivity index (χ1n) is 8.49. The van der Waals surface area contributed by atoms with E-state index in [1.54, 1.807) is 25.6 Å². The Morgan fingerprint density at radius 2 is 1.96 bits per heavy atom. The van der Waals surface area contributed by atoms with Crippen molar-refractivity contribution in [1.29, 1.82) is 0 Å². The summed E-state index contributed by atoms with van der Waals surface area (Å²) in [5, 5.41) is 2.14. The van der Waals surface area contributed by atoms with Gasteiger partial charge in [-0.15, -0.1) is 11.3 Å². The average molecular weight is 342 g/mol. The van der Waals surface area contributed by atoms with Gasteiger partial charge in [0.05, 0.1) is 25.6 Å². The summed E-state index contributed by atoms with van der Waals surface area (Å²) in [6, 6.07) is 5.91. The van der Waals surface area contributed by atoms with Crippen LogP contribution in [0.1, 0.15) is 43.7 Å². The van der Waals surface area contributed by atoms with E-state index in [1.165, 1.54) is 37.8 Å². The van der Waals surface area contributed by atoms with Crippen LogP contribution in [0.4, 0.5) is 0 Å². The first-order valence-corrected chi connectivity index (χ1v) is 9.37. The highest BCUT2D eigenvalue weighted by Gasteiger charge is 2.21. The smallest absolute Gasteiger partial charge is 0.194 e. The van der Waals surface area contributed by atoms with E-state index in [9.17, 15) is 0 Å². The normalized spacial score (nSPS) is 15.8. The largest absolute Gasteiger partial charge is 0.497 e. The van der Waals surface area contributed by atoms with Gasteiger partial charge in [-0.1, -0.05) is 19.3 Å². The van der Waals surface area contributed by atoms with Crippen molar-refractivity contribution in [2.24, 2.45) is 0 Å². The number of methoxy groups -OCH3 is 2. The second-order valence-corrected chi connectivity index (χ2v) is 7.18. The van der Waals surface area contributed by atoms with Crippen molar-refractivity contribution >= 4 is 16.3 Å². The SMILES string of the molecule is COc1ccc(OC)c(-c2csc3nc(C4CCCCC4)cn23)c1. The van der Waals surface area contributed by atoms with E-state index in [-0.39, 0.29) is 0 Å². The molecule has 0 bridgehead atoms. The lowest BCUT2D eigenvalue weighted by atomic mass is 9.87. The molecule has 5 heteroatoms. The summed E-state index contributed by atoms with van der Waals surface area (Å²) in [6.45, 7) is 0. The van der Waals surface area contributed by atoms with Gasteiger partial charge in [0, 0.05) is 23.1 Å². The van der Waals surface area contributed by atoms with Crippen molar-refractivity contribution in [2.45, 2.75) is 38.0 Å². The number of hydrogen-bond donors (Lipinski definition) is 0. The molecule has 0 spiro atoms. The van der Waals surface area contributed by atoms with Crippen molar-refractivity contribution in [1.82, 2.24) is 9.38 Å². The molecular formula is C19H22N2O2S. The number of hydrogen-bond acceptors (Lipinski definition) is 4. The highest BCUT2D eigenvalue weighted by atomic mass is 32.1. The second-order valence-electron chi connectivity index (χ2n) is 6.34. The number of fused-ring (bicyclic) bond motifs is 1. The fourth-order valence-electron chi connectivity index (χ4n) is 3.60. The molecule has 0 radical (unpaired) electrons. The summed E-state index contributed by atoms with van der Waals surface area (Å²) in [4.78, 5) is 5.94. The van der Waals surface area contributed by atoms with Gasteiger partial charge in [0.2, 0.25) is 0 Å². The van der Waals surface area contributed by atoms with Crippen LogP contribution in [0.15, 0.2) is 29.8 Å². The third-order valence-electron chi connectivity index (χ3n) is 4.93. The van der Waals surface area contributed by atoms with E-state index in [2.05, 4.69) is 16.0 Å². The maximum absolute atomic E-state index is 5.56. The van der Waals surface area contributed by atoms with Crippen LogP contribution in [0.3, 0.4) is 0 Å². The van der Waals surface area contributed by atoms with Crippen LogP contribution in [0.25, 0.3) is 16.2 Å². The molecule has 1 aliphatic carbocycles. The Morgan fingerprint density at radius 3 is 2.71 bits per heavy atom. The third kappa shape index (κ3) is 2.67. The van der Waals surface area contributed by atoms with E-state index in [4.69, 9.17) is 14.5 Å². The number of rotatable bonds is 4. The molecule has 1 aromatic carbocycles. The summed E-state index contributed by atoms with van der Waals surface area (Å²) in [7, 11) is 3.39. The lowest BCUT2D eigenvalue weighted by Crippen LogP contribution is -2.04. The lowest BCUT2D eigenvalue weighted by molar-refractivity contribution is 0.404. The monoisotopic (exact) mass is 342 g/mol. The Bertz CT molecular complexity index is 846. The van der Waals surface area contributed by atoms with Crippen LogP contribution in [-0.2, 0) is 0 Å². The molecule has 3 aromatic rings. The van der Waals surface area contributed by atoms with Gasteiger partial charge in [0.15, 0.2) is 4.96 Å². The van der Waals surface area contributed by atoms with Gasteiger partial charge in [0.1, 0.15) is 11.5 Å². The lowest BCUT2D eigenvalue weighted by Gasteiger charge is -2.19. The number of nitrogens with zero attached hydrogens (tertiary/aromatic N) is 2. The average Bonchev–Trinajstić information content (AvgIpc) is 3.22. The number of benzene rings is 1. The number of ether oxygens (including phenoxy) is 2. The van der Waals surface area contributed by atoms with E-state index >= 15 is 0 Å². The number of imidazole rings is 1. The highest BCUT2D eigenvalue weighted by molar-refractivity contribution is 7.15. The zero-order chi connectivity index (χ0) is 16.5. The van der Waals surface area contributed by atoms with E-state index in [1.807, 2.05) is 18.2 Å². The fraction of sp³-hybridized carbons (Fsp3) is 0.421. The van der Waals surface area contributed by atoms with E-state index in [0.717, 1.165) is 27.7 Å². The second kappa shape index (κ2) is 6.48. The van der Waals surface area contributed by atoms with E-state index < -0.39 is 0 Å². The van der Waals surface area contributed by atoms with Crippen molar-refractivity contribution in [2.75, 3.05) is 14.2 Å². The topological polar surface area (TPSA) is 35.8 Å². The minimum absolute atomic E-state index is 0.617. The summed E-state index contributed by atoms with van der Waals surface area (Å²) in [5.41, 5.74) is 3.39. The van der Waals surface area contributed by atoms with Crippen molar-refractivity contribution in [3.63, 3.8) is 0 Å². The van der Waals surface area contributed by atoms with Gasteiger partial charge < -0.3 is 9.47 Å². The molecule has 1 saturated carbocycles. The standard InChI is InChI=1S/C19H22N2O2S/c1-22-14-8-9-18(23-2)15(10-14)17-12-24-19-20-16(11-21(17)19)13-6-4-3-5-7-13/h8-13H,3-7H2,1-2H3. The number of aromatic nitrogens is 2. The molecule has 126 valence electrons. The summed E-state index contributed by atoms with van der Waals surface area (Å²) in [5.74, 6) is 2.30. The third-order valence-corrected chi connectivity index (χ3v) is 5.77. The van der Waals surface area contributed by atoms with Crippen LogP contribution in [0.5, 0.6) is 11.5 Å². The van der Waals surface area contributed by atoms with Crippen LogP contribution < -0.4 is 9.47 Å². The van der Waals surface area contributed by atoms with Gasteiger partial charge in [-0.05, 0) is 31.0 Å². The van der Waals surface area contributed by atoms with Gasteiger partial charge in [-0.3, -0.25) is 4.40 Å². The Morgan fingerprint density at radius 1 is 1.12 bits per heavy atom. The van der Waals surface area contributed by atoms with Gasteiger partial charge >= 0.3 is 0 Å². The minimum atomic E-state index is 0.617. The Hall–Kier alpha value is -2.01. The minimum Gasteiger partial charge on any atom is -0.497 e. The van der Waals surface area contributed by atoms with Crippen LogP contribution in [-0.4, -0.2) is 23.6 Å². The first kappa shape index (κ1) is 15.5. The molecule has 0 N–H and O–H groups in total. The number of thiazole rings is 1. The molecule has 0 atom stereocenters. The predicted octanol–water partition coefficient (Wildman–Crippen LogP) is 5.13. The van der Waals surface area contributed by atoms with Crippen LogP contribution in [0, 0.1) is 0 Å². The van der Waals surface area contributed by atoms with Crippen LogP contribution in [0.2, 0.25) is 0 Å². The molecule has 0 saturated heterocycles. The molecule has 0 unspecified atom stereocenters. The molecule has 2 heterocycles. The van der Waals surface area contributed by atoms with Gasteiger partial charge in [-0.25, -0.2) is 4.98 Å². The molecule has 4 nitrogen and oxygen atoms in total. The molecule has 24 heavy (non-hydrogen) atoms.